The Morgan fingerprint density at radius 3 is 2.60 bits per heavy atom. The number of aliphatic carboxylic acids is 1. The molecule has 0 aromatic heterocycles. The third kappa shape index (κ3) is 3.22. The highest BCUT2D eigenvalue weighted by molar-refractivity contribution is 5.86. The molecule has 0 radical (unpaired) electrons. The molecule has 0 aromatic carbocycles. The maximum absolute atomic E-state index is 11.7. The number of hydrogen-bond acceptors (Lipinski definition) is 1. The van der Waals surface area contributed by atoms with E-state index in [0.29, 0.717) is 6.42 Å². The first-order valence-corrected chi connectivity index (χ1v) is 3.25. The molecule has 0 amide bonds. The fourth-order valence-corrected chi connectivity index (χ4v) is 0.575. The maximum atomic E-state index is 11.7. The van der Waals surface area contributed by atoms with Crippen molar-refractivity contribution in [3.8, 4) is 0 Å². The van der Waals surface area contributed by atoms with Crippen molar-refractivity contribution >= 4 is 5.97 Å². The summed E-state index contributed by atoms with van der Waals surface area (Å²) in [5.74, 6) is -1.16. The molecule has 0 spiro atoms. The second kappa shape index (κ2) is 4.97. The van der Waals surface area contributed by atoms with Gasteiger partial charge in [-0.2, -0.15) is 0 Å². The van der Waals surface area contributed by atoms with Gasteiger partial charge < -0.3 is 5.11 Å². The van der Waals surface area contributed by atoms with E-state index in [1.807, 2.05) is 6.92 Å². The number of halogens is 1. The zero-order chi connectivity index (χ0) is 7.98. The van der Waals surface area contributed by atoms with Crippen LogP contribution in [0.5, 0.6) is 0 Å². The van der Waals surface area contributed by atoms with Crippen molar-refractivity contribution in [3.63, 3.8) is 0 Å². The molecule has 0 atom stereocenters. The summed E-state index contributed by atoms with van der Waals surface area (Å²) in [6, 6.07) is 0. The Balaban J connectivity index is 3.74. The molecular formula is C7H11FO2. The van der Waals surface area contributed by atoms with Crippen LogP contribution in [0.25, 0.3) is 0 Å². The molecule has 0 unspecified atom stereocenters. The molecule has 3 heteroatoms. The summed E-state index contributed by atoms with van der Waals surface area (Å²) >= 11 is 0. The van der Waals surface area contributed by atoms with Gasteiger partial charge >= 0.3 is 5.97 Å². The van der Waals surface area contributed by atoms with Gasteiger partial charge in [0, 0.05) is 0 Å². The summed E-state index contributed by atoms with van der Waals surface area (Å²) < 4.78 is 11.7. The lowest BCUT2D eigenvalue weighted by atomic mass is 10.1. The number of carboxylic acid groups (broad SMARTS) is 1. The molecule has 0 fully saturated rings. The normalized spacial score (nSPS) is 11.6. The van der Waals surface area contributed by atoms with E-state index in [-0.39, 0.29) is 11.9 Å². The molecule has 0 aliphatic rings. The van der Waals surface area contributed by atoms with Gasteiger partial charge in [0.2, 0.25) is 0 Å². The van der Waals surface area contributed by atoms with Crippen LogP contribution >= 0.6 is 0 Å². The zero-order valence-electron chi connectivity index (χ0n) is 5.93. The summed E-state index contributed by atoms with van der Waals surface area (Å²) in [5, 5.41) is 8.29. The highest BCUT2D eigenvalue weighted by Crippen LogP contribution is 2.06. The van der Waals surface area contributed by atoms with E-state index in [0.717, 1.165) is 12.8 Å². The average Bonchev–Trinajstić information content (AvgIpc) is 1.89. The second-order valence-electron chi connectivity index (χ2n) is 2.04. The minimum atomic E-state index is -1.16. The third-order valence-electron chi connectivity index (χ3n) is 1.21. The first-order valence-electron chi connectivity index (χ1n) is 3.25. The molecule has 10 heavy (non-hydrogen) atoms. The number of hydrogen-bond donors (Lipinski definition) is 1. The Bertz CT molecular complexity index is 141. The van der Waals surface area contributed by atoms with E-state index in [1.165, 1.54) is 0 Å². The SMILES string of the molecule is CCCCC(=CF)C(=O)O. The van der Waals surface area contributed by atoms with Gasteiger partial charge in [-0.25, -0.2) is 9.18 Å². The molecular weight excluding hydrogens is 135 g/mol. The molecule has 1 N–H and O–H groups in total. The Morgan fingerprint density at radius 2 is 2.30 bits per heavy atom. The van der Waals surface area contributed by atoms with Crippen LogP contribution in [-0.4, -0.2) is 11.1 Å². The predicted octanol–water partition coefficient (Wildman–Crippen LogP) is 2.11. The van der Waals surface area contributed by atoms with Gasteiger partial charge in [0.15, 0.2) is 0 Å². The van der Waals surface area contributed by atoms with Gasteiger partial charge in [0.1, 0.15) is 0 Å². The van der Waals surface area contributed by atoms with Gasteiger partial charge in [-0.3, -0.25) is 0 Å². The summed E-state index contributed by atoms with van der Waals surface area (Å²) in [5.41, 5.74) is -0.137. The van der Waals surface area contributed by atoms with Crippen molar-refractivity contribution in [1.29, 1.82) is 0 Å². The van der Waals surface area contributed by atoms with Gasteiger partial charge in [-0.15, -0.1) is 0 Å². The quantitative estimate of drug-likeness (QED) is 0.617. The van der Waals surface area contributed by atoms with Crippen LogP contribution < -0.4 is 0 Å². The second-order valence-corrected chi connectivity index (χ2v) is 2.04. The summed E-state index contributed by atoms with van der Waals surface area (Å²) in [6.07, 6.45) is 2.09. The van der Waals surface area contributed by atoms with Crippen LogP contribution in [0.4, 0.5) is 4.39 Å². The minimum absolute atomic E-state index is 0.137. The van der Waals surface area contributed by atoms with E-state index in [9.17, 15) is 9.18 Å². The monoisotopic (exact) mass is 146 g/mol. The number of carbonyl (C=O) groups is 1. The van der Waals surface area contributed by atoms with Crippen molar-refractivity contribution < 1.29 is 14.3 Å². The van der Waals surface area contributed by atoms with E-state index < -0.39 is 5.97 Å². The van der Waals surface area contributed by atoms with E-state index in [1.54, 1.807) is 0 Å². The van der Waals surface area contributed by atoms with Crippen LogP contribution in [-0.2, 0) is 4.79 Å². The van der Waals surface area contributed by atoms with Gasteiger partial charge in [0.05, 0.1) is 11.9 Å². The standard InChI is InChI=1S/C7H11FO2/c1-2-3-4-6(5-8)7(9)10/h5H,2-4H2,1H3,(H,9,10). The molecule has 0 saturated heterocycles. The Kier molecular flexibility index (Phi) is 4.54. The Labute approximate surface area is 59.4 Å². The minimum Gasteiger partial charge on any atom is -0.478 e. The summed E-state index contributed by atoms with van der Waals surface area (Å²) in [6.45, 7) is 1.93. The maximum Gasteiger partial charge on any atom is 0.333 e. The lowest BCUT2D eigenvalue weighted by Crippen LogP contribution is -1.99. The lowest BCUT2D eigenvalue weighted by Gasteiger charge is -1.95. The van der Waals surface area contributed by atoms with Crippen molar-refractivity contribution in [2.24, 2.45) is 0 Å². The topological polar surface area (TPSA) is 37.3 Å². The predicted molar refractivity (Wildman–Crippen MR) is 36.4 cm³/mol. The molecule has 0 rings (SSSR count). The molecule has 0 bridgehead atoms. The Hall–Kier alpha value is -0.860. The lowest BCUT2D eigenvalue weighted by molar-refractivity contribution is -0.132. The molecule has 2 nitrogen and oxygen atoms in total. The van der Waals surface area contributed by atoms with Crippen molar-refractivity contribution in [2.75, 3.05) is 0 Å². The first kappa shape index (κ1) is 9.14. The largest absolute Gasteiger partial charge is 0.478 e. The summed E-state index contributed by atoms with van der Waals surface area (Å²) in [4.78, 5) is 10.1. The molecule has 0 heterocycles. The molecule has 0 aliphatic heterocycles. The van der Waals surface area contributed by atoms with E-state index >= 15 is 0 Å². The molecule has 0 aromatic rings. The Morgan fingerprint density at radius 1 is 1.70 bits per heavy atom. The van der Waals surface area contributed by atoms with Crippen LogP contribution in [0.3, 0.4) is 0 Å². The van der Waals surface area contributed by atoms with Crippen molar-refractivity contribution in [1.82, 2.24) is 0 Å². The summed E-state index contributed by atoms with van der Waals surface area (Å²) in [7, 11) is 0. The highest BCUT2D eigenvalue weighted by Gasteiger charge is 2.04. The molecule has 58 valence electrons. The number of rotatable bonds is 4. The van der Waals surface area contributed by atoms with E-state index in [4.69, 9.17) is 5.11 Å². The fourth-order valence-electron chi connectivity index (χ4n) is 0.575. The van der Waals surface area contributed by atoms with Crippen molar-refractivity contribution in [3.05, 3.63) is 11.9 Å². The van der Waals surface area contributed by atoms with Gasteiger partial charge in [-0.1, -0.05) is 13.3 Å². The number of carboxylic acids is 1. The van der Waals surface area contributed by atoms with Gasteiger partial charge in [-0.05, 0) is 12.8 Å². The van der Waals surface area contributed by atoms with Crippen molar-refractivity contribution in [2.45, 2.75) is 26.2 Å². The smallest absolute Gasteiger partial charge is 0.333 e. The number of unbranched alkanes of at least 4 members (excludes halogenated alkanes) is 1. The molecule has 0 saturated carbocycles. The van der Waals surface area contributed by atoms with Crippen LogP contribution in [0, 0.1) is 0 Å². The van der Waals surface area contributed by atoms with E-state index in [2.05, 4.69) is 0 Å². The first-order chi connectivity index (χ1) is 4.72. The van der Waals surface area contributed by atoms with Crippen LogP contribution in [0.1, 0.15) is 26.2 Å². The van der Waals surface area contributed by atoms with Crippen LogP contribution in [0.2, 0.25) is 0 Å². The molecule has 0 aliphatic carbocycles. The zero-order valence-corrected chi connectivity index (χ0v) is 5.93. The fraction of sp³-hybridized carbons (Fsp3) is 0.571. The van der Waals surface area contributed by atoms with Crippen LogP contribution in [0.15, 0.2) is 11.9 Å². The average molecular weight is 146 g/mol. The highest BCUT2D eigenvalue weighted by atomic mass is 19.1. The third-order valence-corrected chi connectivity index (χ3v) is 1.21. The van der Waals surface area contributed by atoms with Gasteiger partial charge in [0.25, 0.3) is 0 Å².